The molecule has 2 aromatic carbocycles. The second-order valence-electron chi connectivity index (χ2n) is 4.74. The summed E-state index contributed by atoms with van der Waals surface area (Å²) in [6, 6.07) is 19.7. The maximum Gasteiger partial charge on any atom is 0.0858 e. The van der Waals surface area contributed by atoms with Crippen molar-refractivity contribution in [3.8, 4) is 0 Å². The van der Waals surface area contributed by atoms with Gasteiger partial charge in [-0.1, -0.05) is 60.7 Å². The minimum absolute atomic E-state index is 0.0238. The molecule has 0 aliphatic carbocycles. The largest absolute Gasteiger partial charge is 0.396 e. The Bertz CT molecular complexity index is 467. The highest BCUT2D eigenvalue weighted by Crippen LogP contribution is 2.34. The van der Waals surface area contributed by atoms with E-state index in [1.807, 2.05) is 60.7 Å². The van der Waals surface area contributed by atoms with Crippen LogP contribution in [0.3, 0.4) is 0 Å². The van der Waals surface area contributed by atoms with Gasteiger partial charge in [0.05, 0.1) is 6.10 Å². The molecule has 0 spiro atoms. The molecule has 0 fully saturated rings. The lowest BCUT2D eigenvalue weighted by atomic mass is 9.86. The van der Waals surface area contributed by atoms with Gasteiger partial charge < -0.3 is 10.2 Å². The van der Waals surface area contributed by atoms with E-state index in [1.54, 1.807) is 0 Å². The maximum absolute atomic E-state index is 10.6. The van der Waals surface area contributed by atoms with Crippen molar-refractivity contribution in [2.45, 2.75) is 24.9 Å². The highest BCUT2D eigenvalue weighted by molar-refractivity contribution is 5.26. The Morgan fingerprint density at radius 1 is 0.789 bits per heavy atom. The first kappa shape index (κ1) is 13.8. The summed E-state index contributed by atoms with van der Waals surface area (Å²) in [5.41, 5.74) is 2.04. The Kier molecular flexibility index (Phi) is 5.13. The Morgan fingerprint density at radius 2 is 1.32 bits per heavy atom. The Balaban J connectivity index is 2.22. The molecule has 0 aliphatic rings. The normalized spacial score (nSPS) is 14.0. The van der Waals surface area contributed by atoms with E-state index < -0.39 is 6.10 Å². The van der Waals surface area contributed by atoms with Crippen molar-refractivity contribution in [1.29, 1.82) is 0 Å². The molecule has 2 nitrogen and oxygen atoms in total. The summed E-state index contributed by atoms with van der Waals surface area (Å²) in [5.74, 6) is 0.0238. The Labute approximate surface area is 114 Å². The van der Waals surface area contributed by atoms with Gasteiger partial charge in [0.2, 0.25) is 0 Å². The first-order valence-electron chi connectivity index (χ1n) is 6.71. The van der Waals surface area contributed by atoms with Crippen LogP contribution >= 0.6 is 0 Å². The smallest absolute Gasteiger partial charge is 0.0858 e. The van der Waals surface area contributed by atoms with Gasteiger partial charge in [-0.2, -0.15) is 0 Å². The lowest BCUT2D eigenvalue weighted by molar-refractivity contribution is 0.135. The van der Waals surface area contributed by atoms with Crippen LogP contribution in [0.15, 0.2) is 60.7 Å². The van der Waals surface area contributed by atoms with Gasteiger partial charge in [-0.05, 0) is 24.0 Å². The first-order chi connectivity index (χ1) is 9.33. The average Bonchev–Trinajstić information content (AvgIpc) is 2.49. The molecule has 2 atom stereocenters. The van der Waals surface area contributed by atoms with Crippen LogP contribution in [0.1, 0.15) is 36.0 Å². The summed E-state index contributed by atoms with van der Waals surface area (Å²) >= 11 is 0. The predicted octanol–water partition coefficient (Wildman–Crippen LogP) is 3.28. The van der Waals surface area contributed by atoms with E-state index in [4.69, 9.17) is 5.11 Å². The van der Waals surface area contributed by atoms with Crippen LogP contribution in [0.25, 0.3) is 0 Å². The van der Waals surface area contributed by atoms with Gasteiger partial charge in [-0.3, -0.25) is 0 Å². The second-order valence-corrected chi connectivity index (χ2v) is 4.74. The first-order valence-corrected chi connectivity index (χ1v) is 6.71. The lowest BCUT2D eigenvalue weighted by Crippen LogP contribution is -2.11. The van der Waals surface area contributed by atoms with Crippen molar-refractivity contribution in [2.75, 3.05) is 6.61 Å². The van der Waals surface area contributed by atoms with Crippen molar-refractivity contribution < 1.29 is 10.2 Å². The second kappa shape index (κ2) is 7.07. The monoisotopic (exact) mass is 256 g/mol. The Morgan fingerprint density at radius 3 is 1.84 bits per heavy atom. The number of aliphatic hydroxyl groups is 2. The third-order valence-electron chi connectivity index (χ3n) is 3.42. The molecule has 2 heteroatoms. The van der Waals surface area contributed by atoms with E-state index in [1.165, 1.54) is 0 Å². The van der Waals surface area contributed by atoms with Gasteiger partial charge in [0.1, 0.15) is 0 Å². The third-order valence-corrected chi connectivity index (χ3v) is 3.42. The summed E-state index contributed by atoms with van der Waals surface area (Å²) in [6.07, 6.45) is 0.940. The fourth-order valence-corrected chi connectivity index (χ4v) is 2.40. The van der Waals surface area contributed by atoms with Crippen molar-refractivity contribution in [1.82, 2.24) is 0 Å². The van der Waals surface area contributed by atoms with Crippen molar-refractivity contribution in [3.05, 3.63) is 71.8 Å². The maximum atomic E-state index is 10.6. The minimum Gasteiger partial charge on any atom is -0.396 e. The number of hydrogen-bond donors (Lipinski definition) is 2. The van der Waals surface area contributed by atoms with Gasteiger partial charge in [-0.25, -0.2) is 0 Å². The standard InChI is InChI=1S/C17H20O2/c18-13-7-12-16(14-8-3-1-4-9-14)17(19)15-10-5-2-6-11-15/h1-6,8-11,16-19H,7,12-13H2/t16-,17+/m0/s1. The quantitative estimate of drug-likeness (QED) is 0.832. The molecule has 0 heterocycles. The number of hydrogen-bond acceptors (Lipinski definition) is 2. The predicted molar refractivity (Wildman–Crippen MR) is 76.9 cm³/mol. The van der Waals surface area contributed by atoms with E-state index in [2.05, 4.69) is 0 Å². The zero-order valence-electron chi connectivity index (χ0n) is 10.9. The topological polar surface area (TPSA) is 40.5 Å². The van der Waals surface area contributed by atoms with Gasteiger partial charge in [0, 0.05) is 12.5 Å². The third kappa shape index (κ3) is 3.66. The van der Waals surface area contributed by atoms with Crippen molar-refractivity contribution in [3.63, 3.8) is 0 Å². The molecule has 0 bridgehead atoms. The van der Waals surface area contributed by atoms with Gasteiger partial charge >= 0.3 is 0 Å². The van der Waals surface area contributed by atoms with Gasteiger partial charge in [0.25, 0.3) is 0 Å². The zero-order chi connectivity index (χ0) is 13.5. The van der Waals surface area contributed by atoms with Crippen LogP contribution in [-0.2, 0) is 0 Å². The summed E-state index contributed by atoms with van der Waals surface area (Å²) < 4.78 is 0. The average molecular weight is 256 g/mol. The highest BCUT2D eigenvalue weighted by Gasteiger charge is 2.21. The minimum atomic E-state index is -0.532. The number of aliphatic hydroxyl groups excluding tert-OH is 2. The van der Waals surface area contributed by atoms with Crippen LogP contribution in [0.4, 0.5) is 0 Å². The molecule has 100 valence electrons. The van der Waals surface area contributed by atoms with Crippen LogP contribution in [0, 0.1) is 0 Å². The van der Waals surface area contributed by atoms with Crippen LogP contribution in [0.2, 0.25) is 0 Å². The van der Waals surface area contributed by atoms with Crippen molar-refractivity contribution >= 4 is 0 Å². The van der Waals surface area contributed by atoms with E-state index in [0.717, 1.165) is 17.5 Å². The van der Waals surface area contributed by atoms with Crippen LogP contribution < -0.4 is 0 Å². The van der Waals surface area contributed by atoms with E-state index in [0.29, 0.717) is 6.42 Å². The van der Waals surface area contributed by atoms with Gasteiger partial charge in [-0.15, -0.1) is 0 Å². The highest BCUT2D eigenvalue weighted by atomic mass is 16.3. The number of rotatable bonds is 6. The molecule has 19 heavy (non-hydrogen) atoms. The fourth-order valence-electron chi connectivity index (χ4n) is 2.40. The summed E-state index contributed by atoms with van der Waals surface area (Å²) in [5, 5.41) is 19.6. The Hall–Kier alpha value is -1.64. The van der Waals surface area contributed by atoms with Crippen LogP contribution in [0.5, 0.6) is 0 Å². The lowest BCUT2D eigenvalue weighted by Gasteiger charge is -2.23. The molecule has 0 aliphatic heterocycles. The molecule has 2 aromatic rings. The summed E-state index contributed by atoms with van der Waals surface area (Å²) in [4.78, 5) is 0. The molecule has 0 radical (unpaired) electrons. The molecule has 0 amide bonds. The van der Waals surface area contributed by atoms with E-state index >= 15 is 0 Å². The molecule has 0 aromatic heterocycles. The molecular formula is C17H20O2. The fraction of sp³-hybridized carbons (Fsp3) is 0.294. The zero-order valence-corrected chi connectivity index (χ0v) is 10.9. The molecule has 0 saturated heterocycles. The van der Waals surface area contributed by atoms with Crippen LogP contribution in [-0.4, -0.2) is 16.8 Å². The van der Waals surface area contributed by atoms with Gasteiger partial charge in [0.15, 0.2) is 0 Å². The summed E-state index contributed by atoms with van der Waals surface area (Å²) in [7, 11) is 0. The molecule has 0 unspecified atom stereocenters. The molecule has 0 saturated carbocycles. The molecule has 2 N–H and O–H groups in total. The molecule has 2 rings (SSSR count). The summed E-state index contributed by atoms with van der Waals surface area (Å²) in [6.45, 7) is 0.158. The molecular weight excluding hydrogens is 236 g/mol. The number of benzene rings is 2. The van der Waals surface area contributed by atoms with E-state index in [9.17, 15) is 5.11 Å². The SMILES string of the molecule is OCCC[C@@H](c1ccccc1)[C@H](O)c1ccccc1. The van der Waals surface area contributed by atoms with Crippen molar-refractivity contribution in [2.24, 2.45) is 0 Å². The van der Waals surface area contributed by atoms with E-state index in [-0.39, 0.29) is 12.5 Å².